The lowest BCUT2D eigenvalue weighted by Crippen LogP contribution is -2.48. The molecule has 0 amide bonds. The highest BCUT2D eigenvalue weighted by atomic mass is 127. The number of hydrogen-bond acceptors (Lipinski definition) is 4. The number of guanidine groups is 1. The fourth-order valence-corrected chi connectivity index (χ4v) is 3.20. The summed E-state index contributed by atoms with van der Waals surface area (Å²) in [6, 6.07) is 0. The first kappa shape index (κ1) is 21.7. The summed E-state index contributed by atoms with van der Waals surface area (Å²) in [5.74, 6) is 0.655. The summed E-state index contributed by atoms with van der Waals surface area (Å²) in [7, 11) is 3.73. The third kappa shape index (κ3) is 5.32. The van der Waals surface area contributed by atoms with E-state index in [-0.39, 0.29) is 35.9 Å². The molecule has 25 heavy (non-hydrogen) atoms. The molecule has 0 bridgehead atoms. The maximum Gasteiger partial charge on any atom is 0.310 e. The number of piperidine rings is 1. The fraction of sp³-hybridized carbons (Fsp3) is 0.706. The second-order valence-electron chi connectivity index (χ2n) is 6.21. The average Bonchev–Trinajstić information content (AvgIpc) is 2.81. The van der Waals surface area contributed by atoms with E-state index in [2.05, 4.69) is 27.2 Å². The maximum absolute atomic E-state index is 12.0. The number of hydrogen-bond donors (Lipinski definition) is 1. The minimum Gasteiger partial charge on any atom is -0.466 e. The quantitative estimate of drug-likeness (QED) is 0.320. The van der Waals surface area contributed by atoms with Crippen LogP contribution in [0.5, 0.6) is 0 Å². The Bertz CT molecular complexity index is 614. The molecule has 1 atom stereocenters. The van der Waals surface area contributed by atoms with Gasteiger partial charge >= 0.3 is 5.97 Å². The van der Waals surface area contributed by atoms with Crippen molar-refractivity contribution >= 4 is 35.9 Å². The minimum absolute atomic E-state index is 0. The average molecular weight is 463 g/mol. The van der Waals surface area contributed by atoms with Crippen LogP contribution in [-0.2, 0) is 23.1 Å². The number of carbonyl (C=O) groups excluding carboxylic acids is 1. The van der Waals surface area contributed by atoms with Gasteiger partial charge in [0.15, 0.2) is 5.96 Å². The van der Waals surface area contributed by atoms with Gasteiger partial charge in [0.2, 0.25) is 0 Å². The molecule has 0 aromatic carbocycles. The molecule has 1 aliphatic heterocycles. The number of aliphatic imine (C=N–C) groups is 1. The molecule has 1 aromatic rings. The van der Waals surface area contributed by atoms with E-state index < -0.39 is 0 Å². The van der Waals surface area contributed by atoms with Crippen molar-refractivity contribution < 1.29 is 9.53 Å². The van der Waals surface area contributed by atoms with Gasteiger partial charge in [0.25, 0.3) is 0 Å². The van der Waals surface area contributed by atoms with Gasteiger partial charge in [-0.3, -0.25) is 14.5 Å². The predicted molar refractivity (Wildman–Crippen MR) is 109 cm³/mol. The zero-order chi connectivity index (χ0) is 17.7. The first-order valence-electron chi connectivity index (χ1n) is 8.59. The van der Waals surface area contributed by atoms with Crippen LogP contribution in [0.15, 0.2) is 4.99 Å². The van der Waals surface area contributed by atoms with Crippen LogP contribution in [0.2, 0.25) is 0 Å². The van der Waals surface area contributed by atoms with Crippen molar-refractivity contribution in [2.45, 2.75) is 40.2 Å². The van der Waals surface area contributed by atoms with Gasteiger partial charge in [-0.05, 0) is 33.6 Å². The molecule has 0 saturated carbocycles. The molecule has 0 radical (unpaired) electrons. The molecule has 1 fully saturated rings. The van der Waals surface area contributed by atoms with E-state index in [0.717, 1.165) is 36.7 Å². The zero-order valence-electron chi connectivity index (χ0n) is 15.8. The lowest BCUT2D eigenvalue weighted by atomic mass is 9.98. The van der Waals surface area contributed by atoms with Crippen LogP contribution >= 0.6 is 24.0 Å². The number of esters is 1. The van der Waals surface area contributed by atoms with Crippen LogP contribution in [0.25, 0.3) is 0 Å². The normalized spacial score (nSPS) is 17.9. The van der Waals surface area contributed by atoms with E-state index in [9.17, 15) is 4.79 Å². The molecule has 8 heteroatoms. The summed E-state index contributed by atoms with van der Waals surface area (Å²) >= 11 is 0. The SMILES string of the molecule is CCOC(=O)C1CCCN(C(=NC)NCc2c(C)nn(C)c2C)C1.I. The fourth-order valence-electron chi connectivity index (χ4n) is 3.20. The highest BCUT2D eigenvalue weighted by Gasteiger charge is 2.28. The lowest BCUT2D eigenvalue weighted by molar-refractivity contribution is -0.149. The summed E-state index contributed by atoms with van der Waals surface area (Å²) in [5.41, 5.74) is 3.37. The molecule has 1 saturated heterocycles. The number of nitrogens with zero attached hydrogens (tertiary/aromatic N) is 4. The van der Waals surface area contributed by atoms with Crippen LogP contribution in [0, 0.1) is 19.8 Å². The van der Waals surface area contributed by atoms with Gasteiger partial charge in [-0.1, -0.05) is 0 Å². The third-order valence-corrected chi connectivity index (χ3v) is 4.63. The molecular weight excluding hydrogens is 433 g/mol. The van der Waals surface area contributed by atoms with Crippen LogP contribution in [0.4, 0.5) is 0 Å². The van der Waals surface area contributed by atoms with Gasteiger partial charge in [0.1, 0.15) is 0 Å². The van der Waals surface area contributed by atoms with Crippen molar-refractivity contribution in [1.29, 1.82) is 0 Å². The Morgan fingerprint density at radius 1 is 1.44 bits per heavy atom. The zero-order valence-corrected chi connectivity index (χ0v) is 18.2. The second kappa shape index (κ2) is 9.98. The molecular formula is C17H30IN5O2. The van der Waals surface area contributed by atoms with Gasteiger partial charge < -0.3 is 15.0 Å². The Hall–Kier alpha value is -1.32. The number of nitrogens with one attached hydrogen (secondary N) is 1. The van der Waals surface area contributed by atoms with Crippen LogP contribution in [0.3, 0.4) is 0 Å². The minimum atomic E-state index is -0.100. The van der Waals surface area contributed by atoms with Gasteiger partial charge in [0.05, 0.1) is 18.2 Å². The maximum atomic E-state index is 12.0. The molecule has 7 nitrogen and oxygen atoms in total. The number of ether oxygens (including phenoxy) is 1. The summed E-state index contributed by atoms with van der Waals surface area (Å²) in [6.45, 7) is 8.60. The summed E-state index contributed by atoms with van der Waals surface area (Å²) in [5, 5.41) is 7.86. The highest BCUT2D eigenvalue weighted by molar-refractivity contribution is 14.0. The Kier molecular flexibility index (Phi) is 8.67. The van der Waals surface area contributed by atoms with E-state index in [1.165, 1.54) is 5.56 Å². The standard InChI is InChI=1S/C17H29N5O2.HI/c1-6-24-16(23)14-8-7-9-22(11-14)17(18-4)19-10-15-12(2)20-21(5)13(15)3;/h14H,6-11H2,1-5H3,(H,18,19);1H. The Balaban J connectivity index is 0.00000312. The monoisotopic (exact) mass is 463 g/mol. The van der Waals surface area contributed by atoms with Crippen molar-refractivity contribution in [1.82, 2.24) is 20.0 Å². The number of likely N-dealkylation sites (tertiary alicyclic amines) is 1. The Morgan fingerprint density at radius 3 is 2.72 bits per heavy atom. The van der Waals surface area contributed by atoms with Crippen molar-refractivity contribution in [3.05, 3.63) is 17.0 Å². The number of carbonyl (C=O) groups is 1. The number of aryl methyl sites for hydroxylation is 2. The summed E-state index contributed by atoms with van der Waals surface area (Å²) < 4.78 is 7.07. The molecule has 1 aliphatic rings. The van der Waals surface area contributed by atoms with E-state index in [0.29, 0.717) is 19.7 Å². The molecule has 1 unspecified atom stereocenters. The van der Waals surface area contributed by atoms with Gasteiger partial charge in [-0.15, -0.1) is 24.0 Å². The first-order chi connectivity index (χ1) is 11.5. The third-order valence-electron chi connectivity index (χ3n) is 4.63. The molecule has 2 heterocycles. The predicted octanol–water partition coefficient (Wildman–Crippen LogP) is 2.01. The molecule has 0 aliphatic carbocycles. The van der Waals surface area contributed by atoms with Gasteiger partial charge in [0, 0.05) is 45.0 Å². The largest absolute Gasteiger partial charge is 0.466 e. The molecule has 1 N–H and O–H groups in total. The first-order valence-corrected chi connectivity index (χ1v) is 8.59. The topological polar surface area (TPSA) is 71.8 Å². The Labute approximate surface area is 167 Å². The highest BCUT2D eigenvalue weighted by Crippen LogP contribution is 2.18. The molecule has 142 valence electrons. The van der Waals surface area contributed by atoms with Gasteiger partial charge in [-0.25, -0.2) is 0 Å². The van der Waals surface area contributed by atoms with E-state index in [1.54, 1.807) is 7.05 Å². The van der Waals surface area contributed by atoms with Crippen molar-refractivity contribution in [3.8, 4) is 0 Å². The van der Waals surface area contributed by atoms with E-state index >= 15 is 0 Å². The number of halogens is 1. The summed E-state index contributed by atoms with van der Waals surface area (Å²) in [6.07, 6.45) is 1.85. The lowest BCUT2D eigenvalue weighted by Gasteiger charge is -2.34. The Morgan fingerprint density at radius 2 is 2.16 bits per heavy atom. The van der Waals surface area contributed by atoms with Crippen LogP contribution < -0.4 is 5.32 Å². The van der Waals surface area contributed by atoms with Crippen molar-refractivity contribution in [3.63, 3.8) is 0 Å². The molecule has 1 aromatic heterocycles. The van der Waals surface area contributed by atoms with Crippen LogP contribution in [-0.4, -0.2) is 53.4 Å². The number of aromatic nitrogens is 2. The van der Waals surface area contributed by atoms with Crippen molar-refractivity contribution in [2.75, 3.05) is 26.7 Å². The second-order valence-corrected chi connectivity index (χ2v) is 6.21. The molecule has 2 rings (SSSR count). The van der Waals surface area contributed by atoms with Gasteiger partial charge in [-0.2, -0.15) is 5.10 Å². The number of rotatable bonds is 4. The van der Waals surface area contributed by atoms with Crippen molar-refractivity contribution in [2.24, 2.45) is 18.0 Å². The smallest absolute Gasteiger partial charge is 0.310 e. The van der Waals surface area contributed by atoms with E-state index in [4.69, 9.17) is 4.74 Å². The molecule has 0 spiro atoms. The van der Waals surface area contributed by atoms with Crippen LogP contribution in [0.1, 0.15) is 36.7 Å². The summed E-state index contributed by atoms with van der Waals surface area (Å²) in [4.78, 5) is 18.5. The van der Waals surface area contributed by atoms with E-state index in [1.807, 2.05) is 25.6 Å².